The van der Waals surface area contributed by atoms with Gasteiger partial charge in [-0.25, -0.2) is 13.6 Å². The van der Waals surface area contributed by atoms with Gasteiger partial charge < -0.3 is 4.57 Å². The molecular weight excluding hydrogens is 359 g/mol. The lowest BCUT2D eigenvalue weighted by Gasteiger charge is -2.08. The Morgan fingerprint density at radius 3 is 2.89 bits per heavy atom. The summed E-state index contributed by atoms with van der Waals surface area (Å²) in [5.74, 6) is -0.276. The summed E-state index contributed by atoms with van der Waals surface area (Å²) in [5.41, 5.74) is 4.22. The van der Waals surface area contributed by atoms with Crippen LogP contribution in [0.5, 0.6) is 0 Å². The van der Waals surface area contributed by atoms with Crippen LogP contribution >= 0.6 is 0 Å². The molecule has 1 aliphatic rings. The van der Waals surface area contributed by atoms with Crippen molar-refractivity contribution in [3.63, 3.8) is 0 Å². The normalized spacial score (nSPS) is 13.8. The first-order valence-electron chi connectivity index (χ1n) is 9.40. The molecule has 3 aromatic heterocycles. The van der Waals surface area contributed by atoms with Crippen LogP contribution in [0.4, 0.5) is 4.39 Å². The molecule has 0 fully saturated rings. The predicted octanol–water partition coefficient (Wildman–Crippen LogP) is 2.20. The molecule has 3 heterocycles. The average Bonchev–Trinajstić information content (AvgIpc) is 3.28. The van der Waals surface area contributed by atoms with Crippen molar-refractivity contribution < 1.29 is 4.39 Å². The summed E-state index contributed by atoms with van der Waals surface area (Å²) < 4.78 is 18.3. The van der Waals surface area contributed by atoms with Crippen LogP contribution in [0, 0.1) is 5.82 Å². The molecule has 0 spiro atoms. The Balaban J connectivity index is 1.42. The van der Waals surface area contributed by atoms with E-state index in [0.29, 0.717) is 24.3 Å². The maximum atomic E-state index is 13.3. The second-order valence-electron chi connectivity index (χ2n) is 7.19. The molecule has 5 rings (SSSR count). The van der Waals surface area contributed by atoms with Crippen molar-refractivity contribution in [2.45, 2.75) is 38.8 Å². The molecule has 1 aliphatic carbocycles. The minimum Gasteiger partial charge on any atom is -0.306 e. The lowest BCUT2D eigenvalue weighted by Crippen LogP contribution is -2.23. The van der Waals surface area contributed by atoms with Crippen LogP contribution in [0.2, 0.25) is 0 Å². The Bertz CT molecular complexity index is 1220. The van der Waals surface area contributed by atoms with E-state index in [1.54, 1.807) is 32.2 Å². The minimum atomic E-state index is -0.276. The Morgan fingerprint density at radius 1 is 1.11 bits per heavy atom. The van der Waals surface area contributed by atoms with Gasteiger partial charge in [0.15, 0.2) is 0 Å². The first-order valence-corrected chi connectivity index (χ1v) is 9.40. The summed E-state index contributed by atoms with van der Waals surface area (Å²) in [6.45, 7) is 0.757. The van der Waals surface area contributed by atoms with Crippen LogP contribution in [0.3, 0.4) is 0 Å². The second-order valence-corrected chi connectivity index (χ2v) is 7.19. The standard InChI is InChI=1S/C20H19FN6O/c21-15-5-3-4-14(10-15)11-26-13-16(22-24-26)12-25-8-9-27-19(20(25)28)17-6-1-2-7-18(17)23-27/h3-5,8-10,13H,1-2,6-7,11-12H2. The highest BCUT2D eigenvalue weighted by molar-refractivity contribution is 5.55. The van der Waals surface area contributed by atoms with E-state index in [4.69, 9.17) is 0 Å². The fraction of sp³-hybridized carbons (Fsp3) is 0.300. The van der Waals surface area contributed by atoms with E-state index in [-0.39, 0.29) is 11.4 Å². The molecule has 7 nitrogen and oxygen atoms in total. The summed E-state index contributed by atoms with van der Waals surface area (Å²) in [5, 5.41) is 12.8. The van der Waals surface area contributed by atoms with Crippen LogP contribution < -0.4 is 5.56 Å². The van der Waals surface area contributed by atoms with Gasteiger partial charge in [-0.05, 0) is 43.4 Å². The second kappa shape index (κ2) is 6.70. The number of hydrogen-bond acceptors (Lipinski definition) is 4. The van der Waals surface area contributed by atoms with Crippen molar-refractivity contribution in [1.82, 2.24) is 29.2 Å². The topological polar surface area (TPSA) is 70.0 Å². The number of benzene rings is 1. The molecule has 8 heteroatoms. The van der Waals surface area contributed by atoms with Gasteiger partial charge in [0.25, 0.3) is 5.56 Å². The third kappa shape index (κ3) is 3.00. The van der Waals surface area contributed by atoms with Gasteiger partial charge in [-0.15, -0.1) is 5.10 Å². The van der Waals surface area contributed by atoms with Crippen molar-refractivity contribution in [2.75, 3.05) is 0 Å². The third-order valence-electron chi connectivity index (χ3n) is 5.19. The van der Waals surface area contributed by atoms with Gasteiger partial charge >= 0.3 is 0 Å². The summed E-state index contributed by atoms with van der Waals surface area (Å²) >= 11 is 0. The zero-order chi connectivity index (χ0) is 19.1. The van der Waals surface area contributed by atoms with Gasteiger partial charge in [-0.1, -0.05) is 17.3 Å². The monoisotopic (exact) mass is 378 g/mol. The molecule has 28 heavy (non-hydrogen) atoms. The minimum absolute atomic E-state index is 0.0576. The van der Waals surface area contributed by atoms with E-state index in [1.807, 2.05) is 12.3 Å². The number of fused-ring (bicyclic) bond motifs is 3. The van der Waals surface area contributed by atoms with Gasteiger partial charge in [0, 0.05) is 18.0 Å². The van der Waals surface area contributed by atoms with E-state index in [0.717, 1.165) is 42.5 Å². The van der Waals surface area contributed by atoms with Gasteiger partial charge in [-0.3, -0.25) is 4.79 Å². The molecule has 0 atom stereocenters. The van der Waals surface area contributed by atoms with Gasteiger partial charge in [0.1, 0.15) is 17.0 Å². The fourth-order valence-corrected chi connectivity index (χ4v) is 3.87. The van der Waals surface area contributed by atoms with E-state index >= 15 is 0 Å². The molecule has 142 valence electrons. The van der Waals surface area contributed by atoms with Gasteiger partial charge in [0.05, 0.1) is 25.0 Å². The maximum Gasteiger partial charge on any atom is 0.277 e. The number of aryl methyl sites for hydroxylation is 2. The fourth-order valence-electron chi connectivity index (χ4n) is 3.87. The highest BCUT2D eigenvalue weighted by atomic mass is 19.1. The molecular formula is C20H19FN6O. The number of halogens is 1. The molecule has 0 saturated carbocycles. The largest absolute Gasteiger partial charge is 0.306 e. The Hall–Kier alpha value is -3.29. The molecule has 0 unspecified atom stereocenters. The molecule has 0 radical (unpaired) electrons. The van der Waals surface area contributed by atoms with E-state index in [2.05, 4.69) is 15.4 Å². The predicted molar refractivity (Wildman–Crippen MR) is 101 cm³/mol. The zero-order valence-corrected chi connectivity index (χ0v) is 15.3. The van der Waals surface area contributed by atoms with Gasteiger partial charge in [-0.2, -0.15) is 5.10 Å². The number of nitrogens with zero attached hydrogens (tertiary/aromatic N) is 6. The van der Waals surface area contributed by atoms with Crippen molar-refractivity contribution in [3.8, 4) is 0 Å². The number of hydrogen-bond donors (Lipinski definition) is 0. The first-order chi connectivity index (χ1) is 13.7. The maximum absolute atomic E-state index is 13.3. The molecule has 4 aromatic rings. The molecule has 0 aliphatic heterocycles. The van der Waals surface area contributed by atoms with Crippen molar-refractivity contribution >= 4 is 5.52 Å². The Morgan fingerprint density at radius 2 is 2.00 bits per heavy atom. The number of rotatable bonds is 4. The molecule has 0 N–H and O–H groups in total. The Kier molecular flexibility index (Phi) is 4.03. The van der Waals surface area contributed by atoms with E-state index in [1.165, 1.54) is 12.1 Å². The molecule has 0 saturated heterocycles. The quantitative estimate of drug-likeness (QED) is 0.546. The number of aromatic nitrogens is 6. The van der Waals surface area contributed by atoms with Crippen LogP contribution in [0.1, 0.15) is 35.4 Å². The van der Waals surface area contributed by atoms with Crippen LogP contribution in [-0.2, 0) is 25.9 Å². The van der Waals surface area contributed by atoms with Crippen molar-refractivity contribution in [1.29, 1.82) is 0 Å². The van der Waals surface area contributed by atoms with E-state index < -0.39 is 0 Å². The molecule has 0 bridgehead atoms. The summed E-state index contributed by atoms with van der Waals surface area (Å²) in [6.07, 6.45) is 9.41. The summed E-state index contributed by atoms with van der Waals surface area (Å²) in [6, 6.07) is 6.39. The highest BCUT2D eigenvalue weighted by Gasteiger charge is 2.19. The zero-order valence-electron chi connectivity index (χ0n) is 15.3. The van der Waals surface area contributed by atoms with Crippen LogP contribution in [-0.4, -0.2) is 29.2 Å². The van der Waals surface area contributed by atoms with Crippen molar-refractivity contribution in [3.05, 3.63) is 81.5 Å². The highest BCUT2D eigenvalue weighted by Crippen LogP contribution is 2.22. The van der Waals surface area contributed by atoms with Crippen LogP contribution in [0.15, 0.2) is 47.7 Å². The van der Waals surface area contributed by atoms with E-state index in [9.17, 15) is 9.18 Å². The average molecular weight is 378 g/mol. The Labute approximate surface area is 160 Å². The molecule has 1 aromatic carbocycles. The SMILES string of the molecule is O=c1c2c3c(nn2ccn1Cc1cn(Cc2cccc(F)c2)nn1)CCCC3. The smallest absolute Gasteiger partial charge is 0.277 e. The summed E-state index contributed by atoms with van der Waals surface area (Å²) in [4.78, 5) is 13.0. The molecule has 0 amide bonds. The van der Waals surface area contributed by atoms with Crippen LogP contribution in [0.25, 0.3) is 5.52 Å². The first kappa shape index (κ1) is 16.9. The lowest BCUT2D eigenvalue weighted by molar-refractivity contribution is 0.614. The van der Waals surface area contributed by atoms with Gasteiger partial charge in [0.2, 0.25) is 0 Å². The lowest BCUT2D eigenvalue weighted by atomic mass is 9.97. The third-order valence-corrected chi connectivity index (χ3v) is 5.19. The summed E-state index contributed by atoms with van der Waals surface area (Å²) in [7, 11) is 0. The van der Waals surface area contributed by atoms with Crippen molar-refractivity contribution in [2.24, 2.45) is 0 Å².